The molecule has 3 unspecified atom stereocenters. The van der Waals surface area contributed by atoms with Gasteiger partial charge < -0.3 is 15.4 Å². The third kappa shape index (κ3) is 2.25. The lowest BCUT2D eigenvalue weighted by atomic mass is 9.82. The minimum Gasteiger partial charge on any atom is -0.497 e. The number of ether oxygens (including phenoxy) is 1. The van der Waals surface area contributed by atoms with E-state index in [-0.39, 0.29) is 0 Å². The predicted molar refractivity (Wildman–Crippen MR) is 90.0 cm³/mol. The number of nitrogens with one attached hydrogen (secondary N) is 2. The summed E-state index contributed by atoms with van der Waals surface area (Å²) in [6, 6.07) is 15.2. The molecule has 0 radical (unpaired) electrons. The molecule has 2 heterocycles. The van der Waals surface area contributed by atoms with Crippen molar-refractivity contribution in [1.82, 2.24) is 5.32 Å². The van der Waals surface area contributed by atoms with Gasteiger partial charge in [-0.15, -0.1) is 0 Å². The first kappa shape index (κ1) is 13.9. The van der Waals surface area contributed by atoms with Crippen molar-refractivity contribution in [2.24, 2.45) is 0 Å². The number of anilines is 1. The second-order valence-electron chi connectivity index (χ2n) is 6.00. The van der Waals surface area contributed by atoms with Gasteiger partial charge in [0.2, 0.25) is 0 Å². The molecule has 0 aromatic heterocycles. The molecule has 22 heavy (non-hydrogen) atoms. The van der Waals surface area contributed by atoms with Gasteiger partial charge in [-0.3, -0.25) is 0 Å². The van der Waals surface area contributed by atoms with Crippen LogP contribution in [0.15, 0.2) is 42.5 Å². The van der Waals surface area contributed by atoms with Crippen LogP contribution >= 0.6 is 11.6 Å². The molecule has 0 spiro atoms. The van der Waals surface area contributed by atoms with Crippen LogP contribution in [0, 0.1) is 0 Å². The van der Waals surface area contributed by atoms with Crippen LogP contribution in [0.4, 0.5) is 5.69 Å². The molecule has 0 bridgehead atoms. The molecule has 2 aromatic rings. The number of fused-ring (bicyclic) bond motifs is 3. The van der Waals surface area contributed by atoms with E-state index in [1.54, 1.807) is 7.11 Å². The maximum Gasteiger partial charge on any atom is 0.118 e. The van der Waals surface area contributed by atoms with Crippen LogP contribution in [0.2, 0.25) is 5.02 Å². The summed E-state index contributed by atoms with van der Waals surface area (Å²) in [6.45, 7) is 1.02. The molecule has 0 saturated carbocycles. The van der Waals surface area contributed by atoms with Gasteiger partial charge in [-0.1, -0.05) is 23.7 Å². The average Bonchev–Trinajstić information content (AvgIpc) is 2.93. The smallest absolute Gasteiger partial charge is 0.118 e. The van der Waals surface area contributed by atoms with E-state index in [1.165, 1.54) is 16.8 Å². The number of benzene rings is 2. The minimum atomic E-state index is 0.302. The number of hydrogen-bond donors (Lipinski definition) is 2. The van der Waals surface area contributed by atoms with E-state index in [1.807, 2.05) is 18.2 Å². The molecule has 4 rings (SSSR count). The van der Waals surface area contributed by atoms with E-state index in [0.717, 1.165) is 23.7 Å². The minimum absolute atomic E-state index is 0.302. The Balaban J connectivity index is 1.66. The summed E-state index contributed by atoms with van der Waals surface area (Å²) in [5, 5.41) is 8.17. The predicted octanol–water partition coefficient (Wildman–Crippen LogP) is 3.96. The van der Waals surface area contributed by atoms with E-state index in [9.17, 15) is 0 Å². The zero-order valence-electron chi connectivity index (χ0n) is 12.5. The van der Waals surface area contributed by atoms with E-state index in [4.69, 9.17) is 16.3 Å². The first-order chi connectivity index (χ1) is 10.8. The van der Waals surface area contributed by atoms with Crippen molar-refractivity contribution in [3.63, 3.8) is 0 Å². The molecular weight excluding hydrogens is 296 g/mol. The summed E-state index contributed by atoms with van der Waals surface area (Å²) in [7, 11) is 1.70. The first-order valence-corrected chi connectivity index (χ1v) is 8.07. The van der Waals surface area contributed by atoms with E-state index in [2.05, 4.69) is 34.9 Å². The largest absolute Gasteiger partial charge is 0.497 e. The Bertz CT molecular complexity index is 686. The van der Waals surface area contributed by atoms with Gasteiger partial charge in [0.15, 0.2) is 0 Å². The number of piperidine rings is 1. The van der Waals surface area contributed by atoms with Crippen LogP contribution in [-0.4, -0.2) is 19.7 Å². The Morgan fingerprint density at radius 2 is 1.95 bits per heavy atom. The van der Waals surface area contributed by atoms with Gasteiger partial charge in [-0.25, -0.2) is 0 Å². The second kappa shape index (κ2) is 5.49. The molecule has 1 saturated heterocycles. The lowest BCUT2D eigenvalue weighted by Crippen LogP contribution is -2.43. The summed E-state index contributed by atoms with van der Waals surface area (Å²) in [5.41, 5.74) is 3.88. The third-order valence-electron chi connectivity index (χ3n) is 4.82. The van der Waals surface area contributed by atoms with Crippen LogP contribution < -0.4 is 15.4 Å². The average molecular weight is 315 g/mol. The van der Waals surface area contributed by atoms with Crippen LogP contribution in [0.5, 0.6) is 5.75 Å². The van der Waals surface area contributed by atoms with Crippen molar-refractivity contribution < 1.29 is 4.74 Å². The molecular formula is C18H19ClN2O. The van der Waals surface area contributed by atoms with Crippen molar-refractivity contribution >= 4 is 17.3 Å². The molecule has 2 aliphatic rings. The topological polar surface area (TPSA) is 33.3 Å². The van der Waals surface area contributed by atoms with Crippen LogP contribution in [-0.2, 0) is 0 Å². The summed E-state index contributed by atoms with van der Waals surface area (Å²) < 4.78 is 5.26. The fourth-order valence-corrected chi connectivity index (χ4v) is 3.93. The number of halogens is 1. The Hall–Kier alpha value is -1.71. The summed E-state index contributed by atoms with van der Waals surface area (Å²) >= 11 is 6.18. The van der Waals surface area contributed by atoms with Gasteiger partial charge >= 0.3 is 0 Å². The number of rotatable bonds is 2. The van der Waals surface area contributed by atoms with Crippen molar-refractivity contribution in [3.05, 3.63) is 58.6 Å². The van der Waals surface area contributed by atoms with Crippen molar-refractivity contribution in [2.75, 3.05) is 19.0 Å². The molecule has 2 aliphatic heterocycles. The van der Waals surface area contributed by atoms with E-state index < -0.39 is 0 Å². The molecule has 2 aromatic carbocycles. The maximum atomic E-state index is 6.18. The Morgan fingerprint density at radius 1 is 1.14 bits per heavy atom. The quantitative estimate of drug-likeness (QED) is 0.880. The van der Waals surface area contributed by atoms with Gasteiger partial charge in [0.05, 0.1) is 19.2 Å². The van der Waals surface area contributed by atoms with Crippen LogP contribution in [0.1, 0.15) is 29.5 Å². The summed E-state index contributed by atoms with van der Waals surface area (Å²) in [4.78, 5) is 0. The SMILES string of the molecule is COc1ccc(C2NCCC3c4cc(Cl)ccc4NC32)cc1. The van der Waals surface area contributed by atoms with Gasteiger partial charge in [-0.05, 0) is 54.4 Å². The first-order valence-electron chi connectivity index (χ1n) is 7.69. The molecule has 114 valence electrons. The number of methoxy groups -OCH3 is 1. The molecule has 3 nitrogen and oxygen atoms in total. The van der Waals surface area contributed by atoms with Gasteiger partial charge in [-0.2, -0.15) is 0 Å². The Labute approximate surface area is 135 Å². The monoisotopic (exact) mass is 314 g/mol. The highest BCUT2D eigenvalue weighted by Gasteiger charge is 2.40. The molecule has 0 aliphatic carbocycles. The number of hydrogen-bond acceptors (Lipinski definition) is 3. The van der Waals surface area contributed by atoms with E-state index in [0.29, 0.717) is 18.0 Å². The molecule has 0 amide bonds. The molecule has 2 N–H and O–H groups in total. The van der Waals surface area contributed by atoms with Gasteiger partial charge in [0.25, 0.3) is 0 Å². The highest BCUT2D eigenvalue weighted by atomic mass is 35.5. The van der Waals surface area contributed by atoms with Crippen LogP contribution in [0.3, 0.4) is 0 Å². The summed E-state index contributed by atoms with van der Waals surface area (Å²) in [5.74, 6) is 1.41. The van der Waals surface area contributed by atoms with Crippen molar-refractivity contribution in [3.8, 4) is 5.75 Å². The molecule has 4 heteroatoms. The highest BCUT2D eigenvalue weighted by molar-refractivity contribution is 6.30. The van der Waals surface area contributed by atoms with E-state index >= 15 is 0 Å². The fraction of sp³-hybridized carbons (Fsp3) is 0.333. The van der Waals surface area contributed by atoms with Gasteiger partial charge in [0, 0.05) is 16.6 Å². The molecule has 1 fully saturated rings. The lowest BCUT2D eigenvalue weighted by molar-refractivity contribution is 0.348. The highest BCUT2D eigenvalue weighted by Crippen LogP contribution is 2.45. The third-order valence-corrected chi connectivity index (χ3v) is 5.06. The normalized spacial score (nSPS) is 26.0. The zero-order valence-corrected chi connectivity index (χ0v) is 13.2. The Morgan fingerprint density at radius 3 is 2.73 bits per heavy atom. The second-order valence-corrected chi connectivity index (χ2v) is 6.44. The Kier molecular flexibility index (Phi) is 3.47. The molecule has 3 atom stereocenters. The van der Waals surface area contributed by atoms with Crippen LogP contribution in [0.25, 0.3) is 0 Å². The van der Waals surface area contributed by atoms with Crippen molar-refractivity contribution in [2.45, 2.75) is 24.4 Å². The van der Waals surface area contributed by atoms with Gasteiger partial charge in [0.1, 0.15) is 5.75 Å². The fourth-order valence-electron chi connectivity index (χ4n) is 3.75. The maximum absolute atomic E-state index is 6.18. The standard InChI is InChI=1S/C18H19ClN2O/c1-22-13-5-2-11(3-6-13)17-18-14(8-9-20-17)15-10-12(19)4-7-16(15)21-18/h2-7,10,14,17-18,20-21H,8-9H2,1H3. The summed E-state index contributed by atoms with van der Waals surface area (Å²) in [6.07, 6.45) is 1.14. The lowest BCUT2D eigenvalue weighted by Gasteiger charge is -2.35. The zero-order chi connectivity index (χ0) is 15.1. The van der Waals surface area contributed by atoms with Crippen molar-refractivity contribution in [1.29, 1.82) is 0 Å².